The van der Waals surface area contributed by atoms with Gasteiger partial charge in [0.05, 0.1) is 7.11 Å². The van der Waals surface area contributed by atoms with Gasteiger partial charge >= 0.3 is 0 Å². The van der Waals surface area contributed by atoms with Crippen LogP contribution in [0.2, 0.25) is 0 Å². The molecule has 1 aliphatic rings. The largest absolute Gasteiger partial charge is 0.493 e. The average Bonchev–Trinajstić information content (AvgIpc) is 2.71. The van der Waals surface area contributed by atoms with Crippen LogP contribution in [-0.4, -0.2) is 32.8 Å². The van der Waals surface area contributed by atoms with Gasteiger partial charge in [-0.05, 0) is 41.8 Å². The van der Waals surface area contributed by atoms with Crippen LogP contribution < -0.4 is 24.3 Å². The summed E-state index contributed by atoms with van der Waals surface area (Å²) in [6.45, 7) is 5.10. The fourth-order valence-corrected chi connectivity index (χ4v) is 2.72. The Morgan fingerprint density at radius 3 is 2.67 bits per heavy atom. The van der Waals surface area contributed by atoms with Crippen LogP contribution in [0.5, 0.6) is 23.0 Å². The van der Waals surface area contributed by atoms with Crippen LogP contribution in [0.15, 0.2) is 49.1 Å². The van der Waals surface area contributed by atoms with Gasteiger partial charge in [-0.1, -0.05) is 18.2 Å². The van der Waals surface area contributed by atoms with E-state index in [1.54, 1.807) is 13.2 Å². The average molecular weight is 369 g/mol. The molecular formula is C21H23NO5. The van der Waals surface area contributed by atoms with Crippen molar-refractivity contribution >= 4 is 5.91 Å². The van der Waals surface area contributed by atoms with Crippen LogP contribution in [0.3, 0.4) is 0 Å². The number of hydrogen-bond donors (Lipinski definition) is 1. The molecule has 2 aromatic carbocycles. The molecule has 0 radical (unpaired) electrons. The summed E-state index contributed by atoms with van der Waals surface area (Å²) in [6, 6.07) is 11.2. The van der Waals surface area contributed by atoms with E-state index in [-0.39, 0.29) is 12.5 Å². The smallest absolute Gasteiger partial charge is 0.258 e. The molecule has 0 saturated carbocycles. The van der Waals surface area contributed by atoms with Gasteiger partial charge in [0.15, 0.2) is 29.6 Å². The Labute approximate surface area is 158 Å². The quantitative estimate of drug-likeness (QED) is 0.725. The van der Waals surface area contributed by atoms with Gasteiger partial charge in [-0.3, -0.25) is 4.79 Å². The first-order valence-corrected chi connectivity index (χ1v) is 8.75. The first-order valence-electron chi connectivity index (χ1n) is 8.75. The zero-order valence-corrected chi connectivity index (χ0v) is 15.3. The number of carbonyl (C=O) groups excluding carboxylic acids is 1. The molecule has 0 saturated heterocycles. The minimum Gasteiger partial charge on any atom is -0.493 e. The van der Waals surface area contributed by atoms with Crippen molar-refractivity contribution in [3.8, 4) is 23.0 Å². The molecule has 1 aliphatic heterocycles. The van der Waals surface area contributed by atoms with Crippen molar-refractivity contribution in [1.29, 1.82) is 0 Å². The van der Waals surface area contributed by atoms with Gasteiger partial charge in [0.25, 0.3) is 5.91 Å². The lowest BCUT2D eigenvalue weighted by atomic mass is 10.1. The second kappa shape index (κ2) is 8.98. The number of amides is 1. The van der Waals surface area contributed by atoms with E-state index >= 15 is 0 Å². The number of rotatable bonds is 8. The maximum absolute atomic E-state index is 12.1. The Balaban J connectivity index is 1.52. The summed E-state index contributed by atoms with van der Waals surface area (Å²) in [5.41, 5.74) is 2.00. The standard InChI is InChI=1S/C21H23NO5/c1-3-4-15-5-7-17(19(11-15)24-2)27-14-21(23)22-13-16-6-8-18-20(12-16)26-10-9-25-18/h3,5-8,11-12H,1,4,9-10,13-14H2,2H3,(H,22,23). The minimum atomic E-state index is -0.220. The molecule has 2 aromatic rings. The third-order valence-corrected chi connectivity index (χ3v) is 4.06. The van der Waals surface area contributed by atoms with Crippen LogP contribution in [-0.2, 0) is 17.8 Å². The van der Waals surface area contributed by atoms with Gasteiger partial charge in [0.1, 0.15) is 13.2 Å². The minimum absolute atomic E-state index is 0.0955. The molecule has 27 heavy (non-hydrogen) atoms. The number of allylic oxidation sites excluding steroid dienone is 1. The molecule has 142 valence electrons. The summed E-state index contributed by atoms with van der Waals surface area (Å²) in [6.07, 6.45) is 2.56. The highest BCUT2D eigenvalue weighted by molar-refractivity contribution is 5.77. The number of ether oxygens (including phenoxy) is 4. The maximum atomic E-state index is 12.1. The Morgan fingerprint density at radius 1 is 1.11 bits per heavy atom. The number of nitrogens with one attached hydrogen (secondary N) is 1. The molecule has 6 nitrogen and oxygen atoms in total. The summed E-state index contributed by atoms with van der Waals surface area (Å²) in [5, 5.41) is 2.83. The molecule has 1 heterocycles. The van der Waals surface area contributed by atoms with Gasteiger partial charge < -0.3 is 24.3 Å². The fourth-order valence-electron chi connectivity index (χ4n) is 2.72. The predicted molar refractivity (Wildman–Crippen MR) is 102 cm³/mol. The lowest BCUT2D eigenvalue weighted by molar-refractivity contribution is -0.123. The van der Waals surface area contributed by atoms with Gasteiger partial charge in [0.2, 0.25) is 0 Å². The fraction of sp³-hybridized carbons (Fsp3) is 0.286. The van der Waals surface area contributed by atoms with Crippen LogP contribution >= 0.6 is 0 Å². The maximum Gasteiger partial charge on any atom is 0.258 e. The monoisotopic (exact) mass is 369 g/mol. The van der Waals surface area contributed by atoms with E-state index in [1.807, 2.05) is 36.4 Å². The third-order valence-electron chi connectivity index (χ3n) is 4.06. The molecule has 0 spiro atoms. The summed E-state index contributed by atoms with van der Waals surface area (Å²) in [5.74, 6) is 2.33. The van der Waals surface area contributed by atoms with Crippen LogP contribution in [0.25, 0.3) is 0 Å². The van der Waals surface area contributed by atoms with E-state index in [0.717, 1.165) is 23.3 Å². The Kier molecular flexibility index (Phi) is 6.20. The molecule has 0 unspecified atom stereocenters. The van der Waals surface area contributed by atoms with Gasteiger partial charge in [-0.2, -0.15) is 0 Å². The van der Waals surface area contributed by atoms with Crippen molar-refractivity contribution in [3.63, 3.8) is 0 Å². The molecule has 0 atom stereocenters. The third kappa shape index (κ3) is 4.94. The Bertz CT molecular complexity index is 818. The molecule has 1 amide bonds. The lowest BCUT2D eigenvalue weighted by Crippen LogP contribution is -2.28. The molecule has 0 aliphatic carbocycles. The molecule has 0 aromatic heterocycles. The van der Waals surface area contributed by atoms with Crippen molar-refractivity contribution in [2.75, 3.05) is 26.9 Å². The number of benzene rings is 2. The molecule has 1 N–H and O–H groups in total. The van der Waals surface area contributed by atoms with E-state index < -0.39 is 0 Å². The molecule has 3 rings (SSSR count). The SMILES string of the molecule is C=CCc1ccc(OCC(=O)NCc2ccc3c(c2)OCCO3)c(OC)c1. The highest BCUT2D eigenvalue weighted by Gasteiger charge is 2.12. The first-order chi connectivity index (χ1) is 13.2. The molecular weight excluding hydrogens is 346 g/mol. The van der Waals surface area contributed by atoms with Gasteiger partial charge in [0, 0.05) is 6.54 Å². The summed E-state index contributed by atoms with van der Waals surface area (Å²) in [4.78, 5) is 12.1. The zero-order chi connectivity index (χ0) is 19.1. The summed E-state index contributed by atoms with van der Waals surface area (Å²) in [7, 11) is 1.57. The van der Waals surface area contributed by atoms with Crippen molar-refractivity contribution < 1.29 is 23.7 Å². The molecule has 0 bridgehead atoms. The first kappa shape index (κ1) is 18.6. The van der Waals surface area contributed by atoms with E-state index in [1.165, 1.54) is 0 Å². The Hall–Kier alpha value is -3.15. The summed E-state index contributed by atoms with van der Waals surface area (Å²) < 4.78 is 22.0. The van der Waals surface area contributed by atoms with Crippen LogP contribution in [0.1, 0.15) is 11.1 Å². The van der Waals surface area contributed by atoms with Crippen molar-refractivity contribution in [1.82, 2.24) is 5.32 Å². The van der Waals surface area contributed by atoms with E-state index in [4.69, 9.17) is 18.9 Å². The second-order valence-corrected chi connectivity index (χ2v) is 6.02. The van der Waals surface area contributed by atoms with E-state index in [9.17, 15) is 4.79 Å². The van der Waals surface area contributed by atoms with Gasteiger partial charge in [-0.25, -0.2) is 0 Å². The highest BCUT2D eigenvalue weighted by Crippen LogP contribution is 2.31. The van der Waals surface area contributed by atoms with E-state index in [0.29, 0.717) is 37.0 Å². The van der Waals surface area contributed by atoms with Crippen molar-refractivity contribution in [2.45, 2.75) is 13.0 Å². The molecule has 6 heteroatoms. The summed E-state index contributed by atoms with van der Waals surface area (Å²) >= 11 is 0. The number of carbonyl (C=O) groups is 1. The normalized spacial score (nSPS) is 12.2. The van der Waals surface area contributed by atoms with Gasteiger partial charge in [-0.15, -0.1) is 6.58 Å². The van der Waals surface area contributed by atoms with Crippen molar-refractivity contribution in [2.24, 2.45) is 0 Å². The lowest BCUT2D eigenvalue weighted by Gasteiger charge is -2.19. The second-order valence-electron chi connectivity index (χ2n) is 6.02. The highest BCUT2D eigenvalue weighted by atomic mass is 16.6. The zero-order valence-electron chi connectivity index (χ0n) is 15.3. The predicted octanol–water partition coefficient (Wildman–Crippen LogP) is 2.89. The molecule has 0 fully saturated rings. The van der Waals surface area contributed by atoms with Crippen molar-refractivity contribution in [3.05, 3.63) is 60.2 Å². The number of methoxy groups -OCH3 is 1. The number of fused-ring (bicyclic) bond motifs is 1. The number of hydrogen-bond acceptors (Lipinski definition) is 5. The van der Waals surface area contributed by atoms with E-state index in [2.05, 4.69) is 11.9 Å². The topological polar surface area (TPSA) is 66.0 Å². The van der Waals surface area contributed by atoms with Crippen LogP contribution in [0.4, 0.5) is 0 Å². The Morgan fingerprint density at radius 2 is 1.89 bits per heavy atom. The van der Waals surface area contributed by atoms with Crippen LogP contribution in [0, 0.1) is 0 Å².